The zero-order valence-corrected chi connectivity index (χ0v) is 32.2. The number of aromatic hydroxyl groups is 1. The molecular formula is C42H56N2O10. The highest BCUT2D eigenvalue weighted by Gasteiger charge is 2.30. The van der Waals surface area contributed by atoms with Gasteiger partial charge in [-0.05, 0) is 111 Å². The fourth-order valence-corrected chi connectivity index (χ4v) is 7.57. The molecule has 12 heteroatoms. The number of hydrogen-bond donors (Lipinski definition) is 3. The van der Waals surface area contributed by atoms with Crippen molar-refractivity contribution >= 4 is 34.4 Å². The van der Waals surface area contributed by atoms with Crippen LogP contribution in [0.3, 0.4) is 0 Å². The number of rotatable bonds is 20. The fraction of sp³-hybridized carbons (Fsp3) is 0.548. The zero-order valence-electron chi connectivity index (χ0n) is 32.2. The van der Waals surface area contributed by atoms with Gasteiger partial charge in [0.05, 0.1) is 25.2 Å². The average molecular weight is 749 g/mol. The molecular weight excluding hydrogens is 692 g/mol. The fourth-order valence-electron chi connectivity index (χ4n) is 7.57. The van der Waals surface area contributed by atoms with Crippen molar-refractivity contribution in [3.63, 3.8) is 0 Å². The lowest BCUT2D eigenvalue weighted by molar-refractivity contribution is -0.142. The van der Waals surface area contributed by atoms with Crippen LogP contribution in [0, 0.1) is 0 Å². The van der Waals surface area contributed by atoms with E-state index in [1.165, 1.54) is 0 Å². The smallest absolute Gasteiger partial charge is 0.320 e. The van der Waals surface area contributed by atoms with Gasteiger partial charge in [0.15, 0.2) is 6.23 Å². The van der Waals surface area contributed by atoms with Crippen molar-refractivity contribution in [3.05, 3.63) is 62.3 Å². The molecule has 0 unspecified atom stereocenters. The van der Waals surface area contributed by atoms with Gasteiger partial charge in [-0.1, -0.05) is 23.3 Å². The van der Waals surface area contributed by atoms with Crippen molar-refractivity contribution in [2.75, 3.05) is 39.4 Å². The maximum Gasteiger partial charge on any atom is 0.320 e. The molecule has 0 amide bonds. The summed E-state index contributed by atoms with van der Waals surface area (Å²) in [5, 5.41) is 32.2. The summed E-state index contributed by atoms with van der Waals surface area (Å²) in [6, 6.07) is 2.89. The Morgan fingerprint density at radius 2 is 1.41 bits per heavy atom. The molecule has 1 aromatic heterocycles. The molecule has 294 valence electrons. The van der Waals surface area contributed by atoms with E-state index in [0.29, 0.717) is 80.1 Å². The van der Waals surface area contributed by atoms with Crippen LogP contribution in [-0.4, -0.2) is 89.2 Å². The second-order valence-corrected chi connectivity index (χ2v) is 14.8. The summed E-state index contributed by atoms with van der Waals surface area (Å²) in [6.45, 7) is 11.8. The molecule has 12 nitrogen and oxygen atoms in total. The molecule has 0 bridgehead atoms. The summed E-state index contributed by atoms with van der Waals surface area (Å²) >= 11 is 0. The number of carbonyl (C=O) groups excluding carboxylic acids is 1. The number of aliphatic hydroxyl groups is 1. The van der Waals surface area contributed by atoms with Crippen molar-refractivity contribution in [2.45, 2.75) is 111 Å². The lowest BCUT2D eigenvalue weighted by Gasteiger charge is -2.22. The van der Waals surface area contributed by atoms with E-state index in [2.05, 4.69) is 4.90 Å². The normalized spacial score (nSPS) is 17.6. The number of nitrogens with zero attached hydrogens (tertiary/aromatic N) is 2. The van der Waals surface area contributed by atoms with Crippen molar-refractivity contribution < 1.29 is 43.5 Å². The van der Waals surface area contributed by atoms with E-state index in [9.17, 15) is 29.7 Å². The molecule has 5 rings (SSSR count). The first kappa shape index (κ1) is 40.8. The van der Waals surface area contributed by atoms with Crippen LogP contribution in [0.15, 0.2) is 44.6 Å². The molecule has 0 spiro atoms. The van der Waals surface area contributed by atoms with Gasteiger partial charge in [0.2, 0.25) is 5.43 Å². The van der Waals surface area contributed by atoms with Crippen molar-refractivity contribution in [1.82, 2.24) is 9.80 Å². The third-order valence-electron chi connectivity index (χ3n) is 10.4. The number of ether oxygens (including phenoxy) is 3. The van der Waals surface area contributed by atoms with Crippen molar-refractivity contribution in [3.8, 4) is 17.2 Å². The number of fused-ring (bicyclic) bond motifs is 2. The van der Waals surface area contributed by atoms with E-state index in [1.807, 2.05) is 44.7 Å². The standard InChI is InChI=1S/C42H56N2O10/c1-27(2)13-15-29-31(25-45)34(52-22-8-6-18-44-20-10-12-37(44)53-26-46)24-35-38(29)41(48)39-36(54-35)23-33(30(40(39)47)16-14-28(3)4)51-21-7-5-17-43-19-9-11-32(43)42(49)50/h13-14,23-24,26,32,37,45,47H,5-12,15-22,25H2,1-4H3,(H,49,50)/t32-,37+/m1/s1. The predicted molar refractivity (Wildman–Crippen MR) is 207 cm³/mol. The number of phenolic OH excluding ortho intramolecular Hbond substituents is 1. The minimum atomic E-state index is -0.779. The zero-order chi connectivity index (χ0) is 38.8. The van der Waals surface area contributed by atoms with Gasteiger partial charge in [-0.15, -0.1) is 0 Å². The highest BCUT2D eigenvalue weighted by molar-refractivity contribution is 5.97. The van der Waals surface area contributed by atoms with E-state index < -0.39 is 17.4 Å². The number of carboxylic acid groups (broad SMARTS) is 1. The summed E-state index contributed by atoms with van der Waals surface area (Å²) in [5.74, 6) is -0.137. The molecule has 2 fully saturated rings. The topological polar surface area (TPSA) is 159 Å². The van der Waals surface area contributed by atoms with Crippen LogP contribution in [0.1, 0.15) is 95.8 Å². The number of carboxylic acids is 1. The van der Waals surface area contributed by atoms with Crippen LogP contribution >= 0.6 is 0 Å². The molecule has 3 N–H and O–H groups in total. The highest BCUT2D eigenvalue weighted by atomic mass is 16.5. The van der Waals surface area contributed by atoms with Gasteiger partial charge in [-0.3, -0.25) is 24.2 Å². The largest absolute Gasteiger partial charge is 0.507 e. The molecule has 2 atom stereocenters. The van der Waals surface area contributed by atoms with Crippen LogP contribution < -0.4 is 14.9 Å². The molecule has 0 radical (unpaired) electrons. The predicted octanol–water partition coefficient (Wildman–Crippen LogP) is 6.62. The monoisotopic (exact) mass is 748 g/mol. The number of aliphatic carboxylic acids is 1. The molecule has 0 saturated carbocycles. The van der Waals surface area contributed by atoms with Crippen LogP contribution in [0.25, 0.3) is 21.9 Å². The van der Waals surface area contributed by atoms with Crippen molar-refractivity contribution in [1.29, 1.82) is 0 Å². The molecule has 54 heavy (non-hydrogen) atoms. The van der Waals surface area contributed by atoms with Gasteiger partial charge in [-0.2, -0.15) is 0 Å². The second kappa shape index (κ2) is 19.3. The molecule has 2 saturated heterocycles. The number of likely N-dealkylation sites (tertiary alicyclic amines) is 2. The van der Waals surface area contributed by atoms with Gasteiger partial charge in [0.1, 0.15) is 39.8 Å². The highest BCUT2D eigenvalue weighted by Crippen LogP contribution is 2.39. The Labute approximate surface area is 317 Å². The Kier molecular flexibility index (Phi) is 14.6. The summed E-state index contributed by atoms with van der Waals surface area (Å²) < 4.78 is 24.1. The third-order valence-corrected chi connectivity index (χ3v) is 10.4. The Balaban J connectivity index is 1.44. The SMILES string of the molecule is CC(C)=CCc1c(OCCCCN2CCC[C@@H]2C(=O)O)cc2oc3cc(OCCCCN4CCC[C@@H]4OC=O)c(CO)c(CC=C(C)C)c3c(=O)c2c1O. The molecule has 2 aliphatic rings. The van der Waals surface area contributed by atoms with Crippen LogP contribution in [-0.2, 0) is 33.8 Å². The first-order valence-corrected chi connectivity index (χ1v) is 19.3. The number of allylic oxidation sites excluding steroid dienone is 4. The Hall–Kier alpha value is -4.39. The van der Waals surface area contributed by atoms with Gasteiger partial charge in [0.25, 0.3) is 6.47 Å². The molecule has 3 aromatic rings. The summed E-state index contributed by atoms with van der Waals surface area (Å²) in [4.78, 5) is 41.1. The summed E-state index contributed by atoms with van der Waals surface area (Å²) in [5.41, 5.74) is 3.70. The molecule has 2 aliphatic heterocycles. The lowest BCUT2D eigenvalue weighted by atomic mass is 9.95. The average Bonchev–Trinajstić information content (AvgIpc) is 3.79. The van der Waals surface area contributed by atoms with Gasteiger partial charge in [0, 0.05) is 36.3 Å². The van der Waals surface area contributed by atoms with E-state index in [1.54, 1.807) is 12.1 Å². The first-order valence-electron chi connectivity index (χ1n) is 19.3. The van der Waals surface area contributed by atoms with E-state index >= 15 is 0 Å². The minimum absolute atomic E-state index is 0.0514. The molecule has 3 heterocycles. The molecule has 0 aliphatic carbocycles. The molecule has 2 aromatic carbocycles. The number of benzene rings is 2. The Morgan fingerprint density at radius 3 is 2.02 bits per heavy atom. The summed E-state index contributed by atoms with van der Waals surface area (Å²) in [6.07, 6.45) is 10.8. The number of phenols is 1. The van der Waals surface area contributed by atoms with Crippen LogP contribution in [0.4, 0.5) is 0 Å². The maximum atomic E-state index is 14.5. The number of unbranched alkanes of at least 4 members (excludes halogenated alkanes) is 2. The van der Waals surface area contributed by atoms with Gasteiger partial charge in [-0.25, -0.2) is 0 Å². The second-order valence-electron chi connectivity index (χ2n) is 14.8. The Bertz CT molecular complexity index is 1910. The van der Waals surface area contributed by atoms with Gasteiger partial charge >= 0.3 is 5.97 Å². The van der Waals surface area contributed by atoms with Crippen LogP contribution in [0.5, 0.6) is 17.2 Å². The maximum absolute atomic E-state index is 14.5. The van der Waals surface area contributed by atoms with E-state index in [0.717, 1.165) is 69.3 Å². The van der Waals surface area contributed by atoms with E-state index in [4.69, 9.17) is 18.6 Å². The lowest BCUT2D eigenvalue weighted by Crippen LogP contribution is -2.36. The number of aliphatic hydroxyl groups excluding tert-OH is 1. The van der Waals surface area contributed by atoms with Gasteiger partial charge < -0.3 is 33.9 Å². The quantitative estimate of drug-likeness (QED) is 0.0491. The Morgan fingerprint density at radius 1 is 0.833 bits per heavy atom. The van der Waals surface area contributed by atoms with E-state index in [-0.39, 0.29) is 40.5 Å². The van der Waals surface area contributed by atoms with Crippen LogP contribution in [0.2, 0.25) is 0 Å². The minimum Gasteiger partial charge on any atom is -0.507 e. The number of carbonyl (C=O) groups is 2. The third kappa shape index (κ3) is 9.82. The van der Waals surface area contributed by atoms with Crippen molar-refractivity contribution in [2.24, 2.45) is 0 Å². The first-order chi connectivity index (χ1) is 26.0. The summed E-state index contributed by atoms with van der Waals surface area (Å²) in [7, 11) is 0. The number of hydrogen-bond acceptors (Lipinski definition) is 11.